The van der Waals surface area contributed by atoms with Gasteiger partial charge >= 0.3 is 0 Å². The third-order valence-corrected chi connectivity index (χ3v) is 3.34. The van der Waals surface area contributed by atoms with Crippen LogP contribution in [0.4, 0.5) is 5.69 Å². The lowest BCUT2D eigenvalue weighted by Crippen LogP contribution is -2.34. The fourth-order valence-electron chi connectivity index (χ4n) is 1.86. The molecule has 0 saturated heterocycles. The number of rotatable bonds is 6. The van der Waals surface area contributed by atoms with Gasteiger partial charge in [-0.05, 0) is 48.9 Å². The number of nitrogens with zero attached hydrogens (tertiary/aromatic N) is 1. The summed E-state index contributed by atoms with van der Waals surface area (Å²) in [7, 11) is 1.61. The van der Waals surface area contributed by atoms with E-state index in [-0.39, 0.29) is 5.91 Å². The van der Waals surface area contributed by atoms with E-state index in [9.17, 15) is 4.79 Å². The lowest BCUT2D eigenvalue weighted by atomic mass is 10.2. The molecule has 0 unspecified atom stereocenters. The zero-order valence-electron chi connectivity index (χ0n) is 12.9. The molecule has 2 aromatic carbocycles. The molecule has 0 heterocycles. The van der Waals surface area contributed by atoms with Gasteiger partial charge in [0.1, 0.15) is 11.8 Å². The van der Waals surface area contributed by atoms with E-state index in [1.165, 1.54) is 0 Å². The Balaban J connectivity index is 1.86. The zero-order valence-corrected chi connectivity index (χ0v) is 13.7. The largest absolute Gasteiger partial charge is 0.497 e. The Hall–Kier alpha value is -2.53. The highest BCUT2D eigenvalue weighted by molar-refractivity contribution is 6.30. The molecule has 0 spiro atoms. The van der Waals surface area contributed by atoms with Gasteiger partial charge in [0.15, 0.2) is 0 Å². The average molecular weight is 332 g/mol. The number of carbonyl (C=O) groups is 1. The molecular formula is C17H18ClN3O2. The maximum absolute atomic E-state index is 12.0. The standard InChI is InChI=1S/C17H18ClN3O2/c1-12(20-15-6-8-16(23-2)9-7-15)17(22)21-19-11-13-4-3-5-14(18)10-13/h3-12,20H,1-2H3,(H,21,22)/b19-11-/t12-/m0/s1. The number of halogens is 1. The summed E-state index contributed by atoms with van der Waals surface area (Å²) >= 11 is 5.88. The fourth-order valence-corrected chi connectivity index (χ4v) is 2.06. The Bertz CT molecular complexity index is 686. The Labute approximate surface area is 140 Å². The molecule has 0 bridgehead atoms. The smallest absolute Gasteiger partial charge is 0.262 e. The Kier molecular flexibility index (Phi) is 6.00. The highest BCUT2D eigenvalue weighted by atomic mass is 35.5. The number of nitrogens with one attached hydrogen (secondary N) is 2. The van der Waals surface area contributed by atoms with Crippen LogP contribution in [0.1, 0.15) is 12.5 Å². The summed E-state index contributed by atoms with van der Waals surface area (Å²) in [6.07, 6.45) is 1.55. The van der Waals surface area contributed by atoms with Crippen molar-refractivity contribution < 1.29 is 9.53 Å². The van der Waals surface area contributed by atoms with Crippen LogP contribution in [0, 0.1) is 0 Å². The second kappa shape index (κ2) is 8.19. The molecule has 120 valence electrons. The van der Waals surface area contributed by atoms with Crippen LogP contribution >= 0.6 is 11.6 Å². The fraction of sp³-hybridized carbons (Fsp3) is 0.176. The number of amides is 1. The maximum atomic E-state index is 12.0. The molecule has 2 aromatic rings. The average Bonchev–Trinajstić information content (AvgIpc) is 2.55. The second-order valence-corrected chi connectivity index (χ2v) is 5.32. The summed E-state index contributed by atoms with van der Waals surface area (Å²) < 4.78 is 5.09. The predicted octanol–water partition coefficient (Wildman–Crippen LogP) is 3.30. The molecule has 0 aliphatic rings. The molecule has 6 heteroatoms. The summed E-state index contributed by atoms with van der Waals surface area (Å²) in [6, 6.07) is 14.1. The maximum Gasteiger partial charge on any atom is 0.262 e. The first-order valence-electron chi connectivity index (χ1n) is 7.07. The number of benzene rings is 2. The number of hydrogen-bond donors (Lipinski definition) is 2. The van der Waals surface area contributed by atoms with E-state index < -0.39 is 6.04 Å². The van der Waals surface area contributed by atoms with Gasteiger partial charge in [-0.1, -0.05) is 23.7 Å². The van der Waals surface area contributed by atoms with Crippen LogP contribution in [0.25, 0.3) is 0 Å². The molecule has 0 aromatic heterocycles. The van der Waals surface area contributed by atoms with Gasteiger partial charge in [-0.3, -0.25) is 4.79 Å². The van der Waals surface area contributed by atoms with Crippen molar-refractivity contribution in [1.82, 2.24) is 5.43 Å². The van der Waals surface area contributed by atoms with Crippen LogP contribution in [-0.2, 0) is 4.79 Å². The van der Waals surface area contributed by atoms with Gasteiger partial charge in [0.05, 0.1) is 13.3 Å². The monoisotopic (exact) mass is 331 g/mol. The highest BCUT2D eigenvalue weighted by Crippen LogP contribution is 2.15. The van der Waals surface area contributed by atoms with Crippen molar-refractivity contribution in [2.45, 2.75) is 13.0 Å². The minimum absolute atomic E-state index is 0.237. The molecule has 0 aliphatic carbocycles. The van der Waals surface area contributed by atoms with Crippen LogP contribution in [0.5, 0.6) is 5.75 Å². The summed E-state index contributed by atoms with van der Waals surface area (Å²) in [4.78, 5) is 12.0. The first-order valence-corrected chi connectivity index (χ1v) is 7.45. The van der Waals surface area contributed by atoms with E-state index in [4.69, 9.17) is 16.3 Å². The summed E-state index contributed by atoms with van der Waals surface area (Å²) in [6.45, 7) is 1.76. The SMILES string of the molecule is COc1ccc(N[C@@H](C)C(=O)N/N=C\c2cccc(Cl)c2)cc1. The molecule has 5 nitrogen and oxygen atoms in total. The van der Waals surface area contributed by atoms with Crippen molar-refractivity contribution in [2.24, 2.45) is 5.10 Å². The molecule has 0 radical (unpaired) electrons. The molecule has 1 atom stereocenters. The van der Waals surface area contributed by atoms with Crippen molar-refractivity contribution in [2.75, 3.05) is 12.4 Å². The lowest BCUT2D eigenvalue weighted by Gasteiger charge is -2.13. The number of ether oxygens (including phenoxy) is 1. The third kappa shape index (κ3) is 5.30. The molecule has 0 aliphatic heterocycles. The first kappa shape index (κ1) is 16.8. The minimum Gasteiger partial charge on any atom is -0.497 e. The number of hydrogen-bond acceptors (Lipinski definition) is 4. The number of hydrazone groups is 1. The van der Waals surface area contributed by atoms with E-state index in [0.717, 1.165) is 17.0 Å². The third-order valence-electron chi connectivity index (χ3n) is 3.10. The van der Waals surface area contributed by atoms with Crippen LogP contribution in [0.3, 0.4) is 0 Å². The summed E-state index contributed by atoms with van der Waals surface area (Å²) in [5.41, 5.74) is 4.13. The highest BCUT2D eigenvalue weighted by Gasteiger charge is 2.11. The van der Waals surface area contributed by atoms with Crippen LogP contribution in [0.15, 0.2) is 53.6 Å². The van der Waals surface area contributed by atoms with Crippen molar-refractivity contribution in [1.29, 1.82) is 0 Å². The van der Waals surface area contributed by atoms with E-state index in [1.807, 2.05) is 36.4 Å². The number of carbonyl (C=O) groups excluding carboxylic acids is 1. The van der Waals surface area contributed by atoms with E-state index in [1.54, 1.807) is 32.4 Å². The Morgan fingerprint density at radius 3 is 2.65 bits per heavy atom. The normalized spacial score (nSPS) is 12.0. The van der Waals surface area contributed by atoms with Gasteiger partial charge in [-0.25, -0.2) is 5.43 Å². The van der Waals surface area contributed by atoms with Gasteiger partial charge in [0.2, 0.25) is 0 Å². The van der Waals surface area contributed by atoms with Crippen molar-refractivity contribution >= 4 is 29.4 Å². The van der Waals surface area contributed by atoms with Gasteiger partial charge in [0.25, 0.3) is 5.91 Å². The summed E-state index contributed by atoms with van der Waals surface area (Å²) in [5, 5.41) is 7.64. The van der Waals surface area contributed by atoms with Gasteiger partial charge in [-0.15, -0.1) is 0 Å². The Morgan fingerprint density at radius 1 is 1.26 bits per heavy atom. The van der Waals surface area contributed by atoms with E-state index >= 15 is 0 Å². The predicted molar refractivity (Wildman–Crippen MR) is 93.3 cm³/mol. The van der Waals surface area contributed by atoms with Crippen LogP contribution in [-0.4, -0.2) is 25.3 Å². The van der Waals surface area contributed by atoms with Crippen molar-refractivity contribution in [3.63, 3.8) is 0 Å². The van der Waals surface area contributed by atoms with Crippen molar-refractivity contribution in [3.8, 4) is 5.75 Å². The lowest BCUT2D eigenvalue weighted by molar-refractivity contribution is -0.121. The van der Waals surface area contributed by atoms with E-state index in [2.05, 4.69) is 15.8 Å². The molecule has 2 rings (SSSR count). The molecule has 2 N–H and O–H groups in total. The van der Waals surface area contributed by atoms with Gasteiger partial charge in [-0.2, -0.15) is 5.10 Å². The number of anilines is 1. The number of methoxy groups -OCH3 is 1. The van der Waals surface area contributed by atoms with Crippen LogP contribution < -0.4 is 15.5 Å². The van der Waals surface area contributed by atoms with Gasteiger partial charge in [0, 0.05) is 10.7 Å². The molecule has 0 fully saturated rings. The van der Waals surface area contributed by atoms with E-state index in [0.29, 0.717) is 5.02 Å². The van der Waals surface area contributed by atoms with Crippen LogP contribution in [0.2, 0.25) is 5.02 Å². The molecule has 1 amide bonds. The topological polar surface area (TPSA) is 62.7 Å². The van der Waals surface area contributed by atoms with Gasteiger partial charge < -0.3 is 10.1 Å². The quantitative estimate of drug-likeness (QED) is 0.630. The molecule has 23 heavy (non-hydrogen) atoms. The minimum atomic E-state index is -0.431. The first-order chi connectivity index (χ1) is 11.1. The molecule has 0 saturated carbocycles. The second-order valence-electron chi connectivity index (χ2n) is 4.88. The van der Waals surface area contributed by atoms with Crippen molar-refractivity contribution in [3.05, 3.63) is 59.1 Å². The molecular weight excluding hydrogens is 314 g/mol. The zero-order chi connectivity index (χ0) is 16.7. The Morgan fingerprint density at radius 2 is 2.00 bits per heavy atom. The summed E-state index contributed by atoms with van der Waals surface area (Å²) in [5.74, 6) is 0.526.